The lowest BCUT2D eigenvalue weighted by Gasteiger charge is -2.10. The molecule has 0 unspecified atom stereocenters. The van der Waals surface area contributed by atoms with Crippen LogP contribution in [0.3, 0.4) is 0 Å². The number of nitrogens with one attached hydrogen (secondary N) is 2. The standard InChI is InChI=1S/C12H17N3O3/c1-2-14-11(16)5-6-15-10-4-3-8(13)7-9(10)12(17)18/h3-4,7,15H,2,5-6,13H2,1H3,(H,14,16)(H,17,18). The number of carbonyl (C=O) groups excluding carboxylic acids is 1. The highest BCUT2D eigenvalue weighted by molar-refractivity contribution is 5.95. The Hall–Kier alpha value is -2.24. The van der Waals surface area contributed by atoms with Crippen LogP contribution in [0, 0.1) is 0 Å². The van der Waals surface area contributed by atoms with Crippen molar-refractivity contribution in [2.24, 2.45) is 0 Å². The molecule has 0 atom stereocenters. The zero-order valence-electron chi connectivity index (χ0n) is 10.2. The minimum Gasteiger partial charge on any atom is -0.478 e. The number of carboxylic acids is 1. The second-order valence-electron chi connectivity index (χ2n) is 3.74. The summed E-state index contributed by atoms with van der Waals surface area (Å²) in [7, 11) is 0. The lowest BCUT2D eigenvalue weighted by atomic mass is 10.1. The summed E-state index contributed by atoms with van der Waals surface area (Å²) >= 11 is 0. The van der Waals surface area contributed by atoms with Crippen LogP contribution in [-0.4, -0.2) is 30.1 Å². The third-order valence-corrected chi connectivity index (χ3v) is 2.32. The van der Waals surface area contributed by atoms with Gasteiger partial charge in [0.15, 0.2) is 0 Å². The van der Waals surface area contributed by atoms with Crippen LogP contribution in [0.1, 0.15) is 23.7 Å². The van der Waals surface area contributed by atoms with E-state index in [1.807, 2.05) is 6.92 Å². The number of carboxylic acid groups (broad SMARTS) is 1. The summed E-state index contributed by atoms with van der Waals surface area (Å²) in [5.74, 6) is -1.12. The molecule has 6 heteroatoms. The van der Waals surface area contributed by atoms with Crippen LogP contribution in [0.5, 0.6) is 0 Å². The Balaban J connectivity index is 2.62. The summed E-state index contributed by atoms with van der Waals surface area (Å²) in [5, 5.41) is 14.6. The van der Waals surface area contributed by atoms with Crippen molar-refractivity contribution in [1.82, 2.24) is 5.32 Å². The summed E-state index contributed by atoms with van der Waals surface area (Å²) in [6.07, 6.45) is 0.289. The summed E-state index contributed by atoms with van der Waals surface area (Å²) < 4.78 is 0. The zero-order chi connectivity index (χ0) is 13.5. The number of hydrogen-bond donors (Lipinski definition) is 4. The van der Waals surface area contributed by atoms with E-state index in [1.165, 1.54) is 6.07 Å². The van der Waals surface area contributed by atoms with Crippen molar-refractivity contribution in [2.45, 2.75) is 13.3 Å². The summed E-state index contributed by atoms with van der Waals surface area (Å²) in [6, 6.07) is 4.59. The monoisotopic (exact) mass is 251 g/mol. The Morgan fingerprint density at radius 2 is 2.11 bits per heavy atom. The van der Waals surface area contributed by atoms with Gasteiger partial charge in [0.25, 0.3) is 0 Å². The van der Waals surface area contributed by atoms with Gasteiger partial charge in [0, 0.05) is 30.9 Å². The topological polar surface area (TPSA) is 104 Å². The number of benzene rings is 1. The predicted molar refractivity (Wildman–Crippen MR) is 69.6 cm³/mol. The number of hydrogen-bond acceptors (Lipinski definition) is 4. The lowest BCUT2D eigenvalue weighted by Crippen LogP contribution is -2.25. The van der Waals surface area contributed by atoms with Crippen LogP contribution >= 0.6 is 0 Å². The third kappa shape index (κ3) is 3.97. The molecule has 0 spiro atoms. The molecular weight excluding hydrogens is 234 g/mol. The van der Waals surface area contributed by atoms with Crippen molar-refractivity contribution >= 4 is 23.3 Å². The number of nitrogens with two attached hydrogens (primary N) is 1. The molecule has 0 heterocycles. The largest absolute Gasteiger partial charge is 0.478 e. The molecule has 1 rings (SSSR count). The number of amides is 1. The van der Waals surface area contributed by atoms with Crippen LogP contribution in [0.2, 0.25) is 0 Å². The first-order valence-corrected chi connectivity index (χ1v) is 5.68. The molecule has 0 aliphatic heterocycles. The molecule has 5 N–H and O–H groups in total. The van der Waals surface area contributed by atoms with Crippen molar-refractivity contribution in [2.75, 3.05) is 24.1 Å². The van der Waals surface area contributed by atoms with Crippen LogP contribution in [-0.2, 0) is 4.79 Å². The minimum absolute atomic E-state index is 0.0719. The van der Waals surface area contributed by atoms with Gasteiger partial charge < -0.3 is 21.5 Å². The second-order valence-corrected chi connectivity index (χ2v) is 3.74. The first kappa shape index (κ1) is 13.8. The number of rotatable bonds is 6. The summed E-state index contributed by atoms with van der Waals surface area (Å²) in [6.45, 7) is 2.80. The van der Waals surface area contributed by atoms with Crippen LogP contribution in [0.25, 0.3) is 0 Å². The fourth-order valence-corrected chi connectivity index (χ4v) is 1.49. The van der Waals surface area contributed by atoms with Gasteiger partial charge in [-0.1, -0.05) is 0 Å². The van der Waals surface area contributed by atoms with E-state index in [9.17, 15) is 9.59 Å². The van der Waals surface area contributed by atoms with Gasteiger partial charge in [-0.25, -0.2) is 4.79 Å². The van der Waals surface area contributed by atoms with Gasteiger partial charge in [-0.3, -0.25) is 4.79 Å². The molecule has 1 aromatic rings. The van der Waals surface area contributed by atoms with Gasteiger partial charge in [0.05, 0.1) is 5.56 Å². The van der Waals surface area contributed by atoms with Crippen molar-refractivity contribution in [1.29, 1.82) is 0 Å². The summed E-state index contributed by atoms with van der Waals surface area (Å²) in [4.78, 5) is 22.2. The maximum Gasteiger partial charge on any atom is 0.337 e. The average Bonchev–Trinajstić information content (AvgIpc) is 2.31. The fourth-order valence-electron chi connectivity index (χ4n) is 1.49. The fraction of sp³-hybridized carbons (Fsp3) is 0.333. The normalized spacial score (nSPS) is 9.83. The van der Waals surface area contributed by atoms with Crippen molar-refractivity contribution in [3.05, 3.63) is 23.8 Å². The number of anilines is 2. The minimum atomic E-state index is -1.05. The molecule has 1 aromatic carbocycles. The van der Waals surface area contributed by atoms with E-state index in [0.29, 0.717) is 24.5 Å². The van der Waals surface area contributed by atoms with E-state index in [1.54, 1.807) is 12.1 Å². The van der Waals surface area contributed by atoms with Crippen molar-refractivity contribution in [3.63, 3.8) is 0 Å². The molecule has 18 heavy (non-hydrogen) atoms. The van der Waals surface area contributed by atoms with Crippen LogP contribution in [0.15, 0.2) is 18.2 Å². The van der Waals surface area contributed by atoms with E-state index in [2.05, 4.69) is 10.6 Å². The SMILES string of the molecule is CCNC(=O)CCNc1ccc(N)cc1C(=O)O. The third-order valence-electron chi connectivity index (χ3n) is 2.32. The van der Waals surface area contributed by atoms with Gasteiger partial charge in [0.1, 0.15) is 0 Å². The van der Waals surface area contributed by atoms with E-state index in [4.69, 9.17) is 10.8 Å². The molecule has 1 amide bonds. The van der Waals surface area contributed by atoms with Crippen LogP contribution in [0.4, 0.5) is 11.4 Å². The zero-order valence-corrected chi connectivity index (χ0v) is 10.2. The molecule has 6 nitrogen and oxygen atoms in total. The molecule has 98 valence electrons. The first-order valence-electron chi connectivity index (χ1n) is 5.68. The molecule has 0 fully saturated rings. The highest BCUT2D eigenvalue weighted by atomic mass is 16.4. The molecular formula is C12H17N3O3. The Bertz CT molecular complexity index is 446. The van der Waals surface area contributed by atoms with E-state index in [-0.39, 0.29) is 17.9 Å². The second kappa shape index (κ2) is 6.48. The Morgan fingerprint density at radius 1 is 1.39 bits per heavy atom. The van der Waals surface area contributed by atoms with Gasteiger partial charge >= 0.3 is 5.97 Å². The van der Waals surface area contributed by atoms with E-state index >= 15 is 0 Å². The van der Waals surface area contributed by atoms with Crippen LogP contribution < -0.4 is 16.4 Å². The number of carbonyl (C=O) groups is 2. The van der Waals surface area contributed by atoms with Gasteiger partial charge in [-0.2, -0.15) is 0 Å². The first-order chi connectivity index (χ1) is 8.54. The van der Waals surface area contributed by atoms with Crippen molar-refractivity contribution < 1.29 is 14.7 Å². The van der Waals surface area contributed by atoms with Gasteiger partial charge in [-0.05, 0) is 25.1 Å². The Labute approximate surface area is 105 Å². The Kier molecular flexibility index (Phi) is 4.98. The highest BCUT2D eigenvalue weighted by Gasteiger charge is 2.10. The predicted octanol–water partition coefficient (Wildman–Crippen LogP) is 0.905. The Morgan fingerprint density at radius 3 is 2.72 bits per heavy atom. The molecule has 0 aliphatic rings. The molecule has 0 radical (unpaired) electrons. The molecule has 0 saturated carbocycles. The lowest BCUT2D eigenvalue weighted by molar-refractivity contribution is -0.120. The van der Waals surface area contributed by atoms with Gasteiger partial charge in [-0.15, -0.1) is 0 Å². The average molecular weight is 251 g/mol. The molecule has 0 aliphatic carbocycles. The summed E-state index contributed by atoms with van der Waals surface area (Å²) in [5.41, 5.74) is 6.48. The van der Waals surface area contributed by atoms with E-state index < -0.39 is 5.97 Å². The van der Waals surface area contributed by atoms with E-state index in [0.717, 1.165) is 0 Å². The smallest absolute Gasteiger partial charge is 0.337 e. The highest BCUT2D eigenvalue weighted by Crippen LogP contribution is 2.18. The number of nitrogen functional groups attached to an aromatic ring is 1. The molecule has 0 saturated heterocycles. The number of aromatic carboxylic acids is 1. The molecule has 0 aromatic heterocycles. The van der Waals surface area contributed by atoms with Gasteiger partial charge in [0.2, 0.25) is 5.91 Å². The maximum atomic E-state index is 11.2. The maximum absolute atomic E-state index is 11.2. The van der Waals surface area contributed by atoms with Crippen molar-refractivity contribution in [3.8, 4) is 0 Å². The molecule has 0 bridgehead atoms. The quantitative estimate of drug-likeness (QED) is 0.562.